The maximum absolute atomic E-state index is 12.2. The molecule has 0 unspecified atom stereocenters. The highest BCUT2D eigenvalue weighted by Crippen LogP contribution is 2.28. The van der Waals surface area contributed by atoms with Crippen molar-refractivity contribution in [3.63, 3.8) is 0 Å². The predicted molar refractivity (Wildman–Crippen MR) is 84.1 cm³/mol. The van der Waals surface area contributed by atoms with E-state index in [0.717, 1.165) is 6.42 Å². The number of aromatic nitrogens is 1. The van der Waals surface area contributed by atoms with Crippen LogP contribution < -0.4 is 5.32 Å². The highest BCUT2D eigenvalue weighted by Gasteiger charge is 2.32. The van der Waals surface area contributed by atoms with Crippen LogP contribution in [0, 0.1) is 0 Å². The van der Waals surface area contributed by atoms with Crippen molar-refractivity contribution in [2.45, 2.75) is 37.5 Å². The number of aliphatic hydroxyl groups excluding tert-OH is 2. The van der Waals surface area contributed by atoms with Gasteiger partial charge in [0.1, 0.15) is 0 Å². The van der Waals surface area contributed by atoms with Crippen molar-refractivity contribution in [2.75, 3.05) is 0 Å². The van der Waals surface area contributed by atoms with E-state index in [-0.39, 0.29) is 5.69 Å². The van der Waals surface area contributed by atoms with E-state index >= 15 is 0 Å². The van der Waals surface area contributed by atoms with Crippen LogP contribution in [0.15, 0.2) is 34.9 Å². The van der Waals surface area contributed by atoms with E-state index in [0.29, 0.717) is 29.2 Å². The first-order valence-corrected chi connectivity index (χ1v) is 7.82. The summed E-state index contributed by atoms with van der Waals surface area (Å²) in [4.78, 5) is 12.2. The van der Waals surface area contributed by atoms with Gasteiger partial charge in [-0.1, -0.05) is 28.9 Å². The van der Waals surface area contributed by atoms with E-state index in [9.17, 15) is 15.0 Å². The van der Waals surface area contributed by atoms with Crippen LogP contribution in [-0.4, -0.2) is 39.5 Å². The summed E-state index contributed by atoms with van der Waals surface area (Å²) in [5, 5.41) is 26.5. The molecule has 2 aromatic rings. The topological polar surface area (TPSA) is 95.6 Å². The summed E-state index contributed by atoms with van der Waals surface area (Å²) in [5.74, 6) is -0.0600. The number of amides is 1. The van der Waals surface area contributed by atoms with Crippen molar-refractivity contribution < 1.29 is 19.5 Å². The fourth-order valence-electron chi connectivity index (χ4n) is 2.73. The fourth-order valence-corrected chi connectivity index (χ4v) is 2.96. The Hall–Kier alpha value is -1.89. The maximum atomic E-state index is 12.2. The number of halogens is 1. The number of nitrogens with zero attached hydrogens (tertiary/aromatic N) is 1. The van der Waals surface area contributed by atoms with Crippen LogP contribution >= 0.6 is 11.6 Å². The zero-order chi connectivity index (χ0) is 16.4. The number of nitrogens with one attached hydrogen (secondary N) is 1. The first kappa shape index (κ1) is 16.0. The minimum atomic E-state index is -0.970. The maximum Gasteiger partial charge on any atom is 0.273 e. The van der Waals surface area contributed by atoms with Gasteiger partial charge in [-0.3, -0.25) is 4.79 Å². The molecule has 1 aliphatic rings. The molecule has 1 aromatic heterocycles. The van der Waals surface area contributed by atoms with Gasteiger partial charge < -0.3 is 20.1 Å². The average Bonchev–Trinajstić information content (AvgIpc) is 3.02. The molecule has 0 aliphatic heterocycles. The molecule has 3 atom stereocenters. The van der Waals surface area contributed by atoms with Crippen LogP contribution in [0.2, 0.25) is 5.02 Å². The largest absolute Gasteiger partial charge is 0.390 e. The summed E-state index contributed by atoms with van der Waals surface area (Å²) >= 11 is 6.09. The van der Waals surface area contributed by atoms with Gasteiger partial charge in [0.25, 0.3) is 5.91 Å². The Kier molecular flexibility index (Phi) is 4.66. The smallest absolute Gasteiger partial charge is 0.273 e. The Labute approximate surface area is 138 Å². The normalized spacial score (nSPS) is 24.4. The lowest BCUT2D eigenvalue weighted by molar-refractivity contribution is -0.0278. The second kappa shape index (κ2) is 6.70. The Morgan fingerprint density at radius 2 is 2.09 bits per heavy atom. The molecule has 1 amide bonds. The van der Waals surface area contributed by atoms with E-state index in [2.05, 4.69) is 10.5 Å². The van der Waals surface area contributed by atoms with E-state index in [1.165, 1.54) is 6.07 Å². The fraction of sp³-hybridized carbons (Fsp3) is 0.375. The van der Waals surface area contributed by atoms with Gasteiger partial charge in [-0.2, -0.15) is 0 Å². The number of hydrogen-bond donors (Lipinski definition) is 3. The third-order valence-corrected chi connectivity index (χ3v) is 4.35. The summed E-state index contributed by atoms with van der Waals surface area (Å²) in [5.41, 5.74) is 0.751. The number of rotatable bonds is 3. The number of carbonyl (C=O) groups excluding carboxylic acids is 1. The molecule has 0 radical (unpaired) electrons. The van der Waals surface area contributed by atoms with Gasteiger partial charge in [0.05, 0.1) is 23.3 Å². The molecular weight excluding hydrogens is 320 g/mol. The highest BCUT2D eigenvalue weighted by atomic mass is 35.5. The van der Waals surface area contributed by atoms with Crippen molar-refractivity contribution >= 4 is 17.5 Å². The monoisotopic (exact) mass is 336 g/mol. The second-order valence-corrected chi connectivity index (χ2v) is 6.03. The molecule has 0 spiro atoms. The standard InChI is InChI=1S/C16H17ClN2O4/c17-10-5-2-1-4-9(10)14-8-12(19-23-14)16(22)18-11-6-3-7-13(20)15(11)21/h1-2,4-5,8,11,13,15,20-21H,3,6-7H2,(H,18,22)/t11-,13-,15-/m1/s1. The van der Waals surface area contributed by atoms with Gasteiger partial charge in [-0.15, -0.1) is 0 Å². The molecule has 1 aromatic carbocycles. The van der Waals surface area contributed by atoms with Gasteiger partial charge in [0.15, 0.2) is 11.5 Å². The quantitative estimate of drug-likeness (QED) is 0.796. The van der Waals surface area contributed by atoms with Gasteiger partial charge in [-0.05, 0) is 31.4 Å². The highest BCUT2D eigenvalue weighted by molar-refractivity contribution is 6.33. The number of aliphatic hydroxyl groups is 2. The Bertz CT molecular complexity index is 703. The number of benzene rings is 1. The minimum absolute atomic E-state index is 0.104. The van der Waals surface area contributed by atoms with Crippen LogP contribution in [0.3, 0.4) is 0 Å². The molecule has 122 valence electrons. The molecule has 0 saturated heterocycles. The third kappa shape index (κ3) is 3.39. The molecule has 1 saturated carbocycles. The van der Waals surface area contributed by atoms with Gasteiger partial charge in [0, 0.05) is 11.6 Å². The van der Waals surface area contributed by atoms with Crippen molar-refractivity contribution in [2.24, 2.45) is 0 Å². The lowest BCUT2D eigenvalue weighted by Gasteiger charge is -2.31. The van der Waals surface area contributed by atoms with Crippen molar-refractivity contribution in [1.82, 2.24) is 10.5 Å². The molecule has 1 aliphatic carbocycles. The number of carbonyl (C=O) groups is 1. The summed E-state index contributed by atoms with van der Waals surface area (Å²) in [6.07, 6.45) is 0.105. The summed E-state index contributed by atoms with van der Waals surface area (Å²) in [6.45, 7) is 0. The summed E-state index contributed by atoms with van der Waals surface area (Å²) < 4.78 is 5.18. The number of hydrogen-bond acceptors (Lipinski definition) is 5. The van der Waals surface area contributed by atoms with E-state index in [1.54, 1.807) is 18.2 Å². The lowest BCUT2D eigenvalue weighted by Crippen LogP contribution is -2.51. The second-order valence-electron chi connectivity index (χ2n) is 5.63. The molecule has 1 fully saturated rings. The van der Waals surface area contributed by atoms with Crippen molar-refractivity contribution in [3.05, 3.63) is 41.0 Å². The Balaban J connectivity index is 1.73. The zero-order valence-electron chi connectivity index (χ0n) is 12.3. The van der Waals surface area contributed by atoms with Crippen LogP contribution in [0.4, 0.5) is 0 Å². The van der Waals surface area contributed by atoms with Crippen LogP contribution in [-0.2, 0) is 0 Å². The Morgan fingerprint density at radius 3 is 2.87 bits per heavy atom. The molecule has 3 N–H and O–H groups in total. The minimum Gasteiger partial charge on any atom is -0.390 e. The Morgan fingerprint density at radius 1 is 1.30 bits per heavy atom. The van der Waals surface area contributed by atoms with E-state index in [1.807, 2.05) is 6.07 Å². The summed E-state index contributed by atoms with van der Waals surface area (Å²) in [6, 6.07) is 8.11. The van der Waals surface area contributed by atoms with E-state index in [4.69, 9.17) is 16.1 Å². The van der Waals surface area contributed by atoms with Crippen molar-refractivity contribution in [1.29, 1.82) is 0 Å². The average molecular weight is 337 g/mol. The molecule has 23 heavy (non-hydrogen) atoms. The molecule has 3 rings (SSSR count). The lowest BCUT2D eigenvalue weighted by atomic mass is 9.90. The van der Waals surface area contributed by atoms with E-state index < -0.39 is 24.2 Å². The molecule has 1 heterocycles. The van der Waals surface area contributed by atoms with Crippen LogP contribution in [0.5, 0.6) is 0 Å². The SMILES string of the molecule is O=C(N[C@@H]1CCC[C@@H](O)[C@@H]1O)c1cc(-c2ccccc2Cl)on1. The van der Waals surface area contributed by atoms with Gasteiger partial charge in [-0.25, -0.2) is 0 Å². The van der Waals surface area contributed by atoms with Gasteiger partial charge in [0.2, 0.25) is 0 Å². The molecule has 6 nitrogen and oxygen atoms in total. The third-order valence-electron chi connectivity index (χ3n) is 4.02. The van der Waals surface area contributed by atoms with Gasteiger partial charge >= 0.3 is 0 Å². The summed E-state index contributed by atoms with van der Waals surface area (Å²) in [7, 11) is 0. The zero-order valence-corrected chi connectivity index (χ0v) is 13.0. The van der Waals surface area contributed by atoms with Crippen LogP contribution in [0.25, 0.3) is 11.3 Å². The van der Waals surface area contributed by atoms with Crippen molar-refractivity contribution in [3.8, 4) is 11.3 Å². The molecule has 0 bridgehead atoms. The molecule has 7 heteroatoms. The first-order chi connectivity index (χ1) is 11.1. The first-order valence-electron chi connectivity index (χ1n) is 7.45. The predicted octanol–water partition coefficient (Wildman–Crippen LogP) is 2.00. The van der Waals surface area contributed by atoms with Crippen LogP contribution in [0.1, 0.15) is 29.8 Å². The molecular formula is C16H17ClN2O4.